The van der Waals surface area contributed by atoms with Crippen LogP contribution in [0.4, 0.5) is 5.82 Å². The average Bonchev–Trinajstić information content (AvgIpc) is 3.46. The van der Waals surface area contributed by atoms with Gasteiger partial charge in [-0.15, -0.1) is 0 Å². The zero-order chi connectivity index (χ0) is 26.1. The van der Waals surface area contributed by atoms with E-state index >= 15 is 0 Å². The van der Waals surface area contributed by atoms with E-state index in [0.717, 1.165) is 46.9 Å². The Labute approximate surface area is 228 Å². The molecule has 1 saturated heterocycles. The lowest BCUT2D eigenvalue weighted by Crippen LogP contribution is -2.48. The number of halogens is 1. The molecule has 1 unspecified atom stereocenters. The van der Waals surface area contributed by atoms with Crippen LogP contribution >= 0.6 is 27.7 Å². The van der Waals surface area contributed by atoms with E-state index in [-0.39, 0.29) is 12.7 Å². The molecule has 0 bridgehead atoms. The summed E-state index contributed by atoms with van der Waals surface area (Å²) in [6, 6.07) is 3.42. The Hall–Kier alpha value is -2.57. The molecule has 3 aromatic rings. The van der Waals surface area contributed by atoms with E-state index in [0.29, 0.717) is 53.3 Å². The summed E-state index contributed by atoms with van der Waals surface area (Å²) in [6.45, 7) is 6.60. The number of hydrogen-bond acceptors (Lipinski definition) is 9. The van der Waals surface area contributed by atoms with Crippen LogP contribution in [-0.2, 0) is 11.3 Å². The molecule has 1 aromatic carbocycles. The van der Waals surface area contributed by atoms with Crippen molar-refractivity contribution in [1.82, 2.24) is 24.4 Å². The number of aromatic nitrogens is 4. The topological polar surface area (TPSA) is 134 Å². The standard InChI is InChI=1S/C25H32BrN7O3S/c1-14(2)8-17(27)24(34)32-6-3-4-15(11-32)5-7-33-23-21(22(28)29-12-30-23)31-25(33)37-20-10-19-18(9-16(20)26)35-13-36-19/h9-10,12,14-15,17H,3-8,11,13,27H2,1-2H3,(H2,28,29,30)/t15?,17-/m0/s1. The Kier molecular flexibility index (Phi) is 7.77. The molecule has 2 aliphatic heterocycles. The molecule has 4 N–H and O–H groups in total. The minimum Gasteiger partial charge on any atom is -0.454 e. The molecule has 1 amide bonds. The normalized spacial score (nSPS) is 18.1. The van der Waals surface area contributed by atoms with Gasteiger partial charge in [-0.25, -0.2) is 15.0 Å². The lowest BCUT2D eigenvalue weighted by Gasteiger charge is -2.34. The number of nitrogens with two attached hydrogens (primary N) is 2. The Balaban J connectivity index is 1.35. The number of ether oxygens (including phenoxy) is 2. The van der Waals surface area contributed by atoms with Crippen molar-refractivity contribution in [3.63, 3.8) is 0 Å². The molecule has 4 heterocycles. The first-order valence-electron chi connectivity index (χ1n) is 12.6. The Bertz CT molecular complexity index is 1300. The number of carbonyl (C=O) groups is 1. The molecular weight excluding hydrogens is 558 g/mol. The van der Waals surface area contributed by atoms with Gasteiger partial charge in [-0.2, -0.15) is 0 Å². The summed E-state index contributed by atoms with van der Waals surface area (Å²) in [5, 5.41) is 0.768. The number of benzene rings is 1. The van der Waals surface area contributed by atoms with Crippen molar-refractivity contribution in [3.05, 3.63) is 22.9 Å². The number of likely N-dealkylation sites (tertiary alicyclic amines) is 1. The highest BCUT2D eigenvalue weighted by molar-refractivity contribution is 9.10. The van der Waals surface area contributed by atoms with Crippen molar-refractivity contribution >= 4 is 50.6 Å². The van der Waals surface area contributed by atoms with Gasteiger partial charge in [-0.3, -0.25) is 4.79 Å². The third-order valence-electron chi connectivity index (χ3n) is 6.79. The van der Waals surface area contributed by atoms with Crippen LogP contribution in [0.15, 0.2) is 33.0 Å². The fraction of sp³-hybridized carbons (Fsp3) is 0.520. The van der Waals surface area contributed by atoms with Crippen molar-refractivity contribution in [2.45, 2.75) is 62.2 Å². The molecule has 0 aliphatic carbocycles. The number of anilines is 1. The molecule has 1 fully saturated rings. The minimum atomic E-state index is -0.431. The number of carbonyl (C=O) groups excluding carboxylic acids is 1. The first-order chi connectivity index (χ1) is 17.8. The highest BCUT2D eigenvalue weighted by Crippen LogP contribution is 2.43. The molecular formula is C25H32BrN7O3S. The summed E-state index contributed by atoms with van der Waals surface area (Å²) < 4.78 is 14.0. The van der Waals surface area contributed by atoms with Gasteiger partial charge in [-0.05, 0) is 65.6 Å². The summed E-state index contributed by atoms with van der Waals surface area (Å²) >= 11 is 5.15. The Morgan fingerprint density at radius 2 is 2.05 bits per heavy atom. The van der Waals surface area contributed by atoms with Gasteiger partial charge in [0.15, 0.2) is 33.6 Å². The lowest BCUT2D eigenvalue weighted by atomic mass is 9.93. The van der Waals surface area contributed by atoms with E-state index < -0.39 is 6.04 Å². The monoisotopic (exact) mass is 589 g/mol. The number of amides is 1. The molecule has 0 radical (unpaired) electrons. The van der Waals surface area contributed by atoms with Crippen molar-refractivity contribution in [2.24, 2.45) is 17.6 Å². The van der Waals surface area contributed by atoms with E-state index in [1.807, 2.05) is 17.0 Å². The van der Waals surface area contributed by atoms with Crippen molar-refractivity contribution in [2.75, 3.05) is 25.6 Å². The third-order valence-corrected chi connectivity index (χ3v) is 8.76. The summed E-state index contributed by atoms with van der Waals surface area (Å²) in [4.78, 5) is 29.3. The zero-order valence-corrected chi connectivity index (χ0v) is 23.4. The fourth-order valence-corrected chi connectivity index (χ4v) is 6.45. The maximum atomic E-state index is 12.9. The summed E-state index contributed by atoms with van der Waals surface area (Å²) in [7, 11) is 0. The SMILES string of the molecule is CC(C)C[C@H](N)C(=O)N1CCCC(CCn2c(Sc3cc4c(cc3Br)OCO4)nc3c(N)ncnc32)C1. The maximum absolute atomic E-state index is 12.9. The number of nitrogen functional groups attached to an aromatic ring is 1. The molecule has 12 heteroatoms. The second-order valence-electron chi connectivity index (χ2n) is 10.0. The first-order valence-corrected chi connectivity index (χ1v) is 14.2. The molecule has 0 saturated carbocycles. The molecule has 198 valence electrons. The summed E-state index contributed by atoms with van der Waals surface area (Å²) in [5.41, 5.74) is 13.6. The van der Waals surface area contributed by atoms with Gasteiger partial charge in [-0.1, -0.05) is 25.6 Å². The maximum Gasteiger partial charge on any atom is 0.239 e. The predicted molar refractivity (Wildman–Crippen MR) is 145 cm³/mol. The van der Waals surface area contributed by atoms with E-state index in [4.69, 9.17) is 25.9 Å². The molecule has 5 rings (SSSR count). The molecule has 2 atom stereocenters. The van der Waals surface area contributed by atoms with Crippen molar-refractivity contribution in [1.29, 1.82) is 0 Å². The van der Waals surface area contributed by atoms with Crippen LogP contribution < -0.4 is 20.9 Å². The van der Waals surface area contributed by atoms with Crippen LogP contribution in [0.2, 0.25) is 0 Å². The average molecular weight is 591 g/mol. The van der Waals surface area contributed by atoms with Crippen molar-refractivity contribution in [3.8, 4) is 11.5 Å². The third kappa shape index (κ3) is 5.65. The van der Waals surface area contributed by atoms with Crippen LogP contribution in [-0.4, -0.2) is 56.3 Å². The van der Waals surface area contributed by atoms with Gasteiger partial charge < -0.3 is 30.4 Å². The van der Waals surface area contributed by atoms with Gasteiger partial charge in [0.1, 0.15) is 6.33 Å². The first kappa shape index (κ1) is 26.1. The highest BCUT2D eigenvalue weighted by Gasteiger charge is 2.28. The Morgan fingerprint density at radius 1 is 1.27 bits per heavy atom. The largest absolute Gasteiger partial charge is 0.454 e. The van der Waals surface area contributed by atoms with Crippen LogP contribution in [0.1, 0.15) is 39.5 Å². The number of rotatable bonds is 8. The van der Waals surface area contributed by atoms with Gasteiger partial charge in [0.25, 0.3) is 0 Å². The molecule has 10 nitrogen and oxygen atoms in total. The number of hydrogen-bond donors (Lipinski definition) is 2. The predicted octanol–water partition coefficient (Wildman–Crippen LogP) is 4.05. The van der Waals surface area contributed by atoms with Crippen LogP contribution in [0, 0.1) is 11.8 Å². The van der Waals surface area contributed by atoms with Gasteiger partial charge in [0.2, 0.25) is 12.7 Å². The van der Waals surface area contributed by atoms with Crippen LogP contribution in [0.25, 0.3) is 11.2 Å². The molecule has 37 heavy (non-hydrogen) atoms. The number of fused-ring (bicyclic) bond motifs is 2. The van der Waals surface area contributed by atoms with E-state index in [1.54, 1.807) is 0 Å². The van der Waals surface area contributed by atoms with Crippen molar-refractivity contribution < 1.29 is 14.3 Å². The fourth-order valence-electron chi connectivity index (χ4n) is 4.94. The Morgan fingerprint density at radius 3 is 2.84 bits per heavy atom. The van der Waals surface area contributed by atoms with E-state index in [9.17, 15) is 4.79 Å². The van der Waals surface area contributed by atoms with Gasteiger partial charge in [0, 0.05) is 29.0 Å². The molecule has 2 aromatic heterocycles. The lowest BCUT2D eigenvalue weighted by molar-refractivity contribution is -0.134. The van der Waals surface area contributed by atoms with Gasteiger partial charge in [0.05, 0.1) is 6.04 Å². The minimum absolute atomic E-state index is 0.0656. The molecule has 0 spiro atoms. The quantitative estimate of drug-likeness (QED) is 0.398. The smallest absolute Gasteiger partial charge is 0.239 e. The second kappa shape index (κ2) is 11.0. The number of nitrogens with zero attached hydrogens (tertiary/aromatic N) is 5. The number of aryl methyl sites for hydroxylation is 1. The zero-order valence-electron chi connectivity index (χ0n) is 21.0. The number of imidazole rings is 1. The van der Waals surface area contributed by atoms with E-state index in [2.05, 4.69) is 44.3 Å². The molecule has 2 aliphatic rings. The van der Waals surface area contributed by atoms with Crippen LogP contribution in [0.3, 0.4) is 0 Å². The number of piperidine rings is 1. The second-order valence-corrected chi connectivity index (χ2v) is 11.9. The van der Waals surface area contributed by atoms with Gasteiger partial charge >= 0.3 is 0 Å². The van der Waals surface area contributed by atoms with E-state index in [1.165, 1.54) is 18.1 Å². The highest BCUT2D eigenvalue weighted by atomic mass is 79.9. The summed E-state index contributed by atoms with van der Waals surface area (Å²) in [5.74, 6) is 2.60. The van der Waals surface area contributed by atoms with Crippen LogP contribution in [0.5, 0.6) is 11.5 Å². The summed E-state index contributed by atoms with van der Waals surface area (Å²) in [6.07, 6.45) is 5.12.